The average Bonchev–Trinajstić information content (AvgIpc) is 2.45. The first-order chi connectivity index (χ1) is 9.20. The van der Waals surface area contributed by atoms with Crippen LogP contribution in [-0.2, 0) is 0 Å². The van der Waals surface area contributed by atoms with E-state index in [0.717, 1.165) is 30.2 Å². The van der Waals surface area contributed by atoms with Gasteiger partial charge in [-0.2, -0.15) is 0 Å². The molecular formula is C15H18FN3. The van der Waals surface area contributed by atoms with E-state index in [-0.39, 0.29) is 5.82 Å². The fourth-order valence-electron chi connectivity index (χ4n) is 1.79. The summed E-state index contributed by atoms with van der Waals surface area (Å²) in [6.45, 7) is 3.01. The SMILES string of the molecule is CCCNc1cc(N(C)c2ccc(F)cc2)ccn1. The first-order valence-electron chi connectivity index (χ1n) is 6.40. The normalized spacial score (nSPS) is 10.3. The van der Waals surface area contributed by atoms with Crippen LogP contribution in [0.1, 0.15) is 13.3 Å². The summed E-state index contributed by atoms with van der Waals surface area (Å²) in [6, 6.07) is 10.4. The summed E-state index contributed by atoms with van der Waals surface area (Å²) < 4.78 is 12.9. The molecule has 3 nitrogen and oxygen atoms in total. The second-order valence-corrected chi connectivity index (χ2v) is 4.36. The summed E-state index contributed by atoms with van der Waals surface area (Å²) in [5.41, 5.74) is 1.95. The van der Waals surface area contributed by atoms with Crippen LogP contribution < -0.4 is 10.2 Å². The molecule has 0 aliphatic heterocycles. The Hall–Kier alpha value is -2.10. The molecule has 0 atom stereocenters. The van der Waals surface area contributed by atoms with Gasteiger partial charge in [-0.1, -0.05) is 6.92 Å². The molecule has 4 heteroatoms. The zero-order valence-corrected chi connectivity index (χ0v) is 11.2. The summed E-state index contributed by atoms with van der Waals surface area (Å²) in [5, 5.41) is 3.25. The minimum absolute atomic E-state index is 0.225. The van der Waals surface area contributed by atoms with E-state index >= 15 is 0 Å². The number of benzene rings is 1. The molecule has 0 aliphatic carbocycles. The van der Waals surface area contributed by atoms with Crippen LogP contribution in [0.5, 0.6) is 0 Å². The maximum absolute atomic E-state index is 12.9. The number of halogens is 1. The Morgan fingerprint density at radius 3 is 2.58 bits per heavy atom. The lowest BCUT2D eigenvalue weighted by atomic mass is 10.2. The molecule has 19 heavy (non-hydrogen) atoms. The van der Waals surface area contributed by atoms with Gasteiger partial charge in [0.2, 0.25) is 0 Å². The predicted octanol–water partition coefficient (Wildman–Crippen LogP) is 3.81. The Balaban J connectivity index is 2.18. The van der Waals surface area contributed by atoms with E-state index in [0.29, 0.717) is 0 Å². The van der Waals surface area contributed by atoms with E-state index in [2.05, 4.69) is 17.2 Å². The first-order valence-corrected chi connectivity index (χ1v) is 6.40. The standard InChI is InChI=1S/C15H18FN3/c1-3-9-17-15-11-14(8-10-18-15)19(2)13-6-4-12(16)5-7-13/h4-8,10-11H,3,9H2,1-2H3,(H,17,18). The van der Waals surface area contributed by atoms with Crippen molar-refractivity contribution in [2.45, 2.75) is 13.3 Å². The maximum atomic E-state index is 12.9. The van der Waals surface area contributed by atoms with Gasteiger partial charge in [0, 0.05) is 37.2 Å². The minimum Gasteiger partial charge on any atom is -0.370 e. The summed E-state index contributed by atoms with van der Waals surface area (Å²) in [5.74, 6) is 0.630. The number of hydrogen-bond acceptors (Lipinski definition) is 3. The smallest absolute Gasteiger partial charge is 0.127 e. The lowest BCUT2D eigenvalue weighted by Gasteiger charge is -2.20. The van der Waals surface area contributed by atoms with Gasteiger partial charge in [-0.25, -0.2) is 9.37 Å². The number of nitrogens with one attached hydrogen (secondary N) is 1. The third-order valence-corrected chi connectivity index (χ3v) is 2.90. The molecule has 0 saturated carbocycles. The Labute approximate surface area is 113 Å². The van der Waals surface area contributed by atoms with E-state index < -0.39 is 0 Å². The molecule has 1 aromatic heterocycles. The van der Waals surface area contributed by atoms with Crippen molar-refractivity contribution in [1.29, 1.82) is 0 Å². The highest BCUT2D eigenvalue weighted by atomic mass is 19.1. The van der Waals surface area contributed by atoms with E-state index in [1.54, 1.807) is 18.3 Å². The van der Waals surface area contributed by atoms with Gasteiger partial charge in [0.15, 0.2) is 0 Å². The number of rotatable bonds is 5. The zero-order chi connectivity index (χ0) is 13.7. The highest BCUT2D eigenvalue weighted by molar-refractivity contribution is 5.64. The molecule has 0 unspecified atom stereocenters. The van der Waals surface area contributed by atoms with E-state index in [9.17, 15) is 4.39 Å². The van der Waals surface area contributed by atoms with Crippen LogP contribution in [0.25, 0.3) is 0 Å². The average molecular weight is 259 g/mol. The molecule has 0 radical (unpaired) electrons. The van der Waals surface area contributed by atoms with Gasteiger partial charge in [-0.15, -0.1) is 0 Å². The van der Waals surface area contributed by atoms with Crippen LogP contribution in [-0.4, -0.2) is 18.6 Å². The molecular weight excluding hydrogens is 241 g/mol. The summed E-state index contributed by atoms with van der Waals surface area (Å²) in [7, 11) is 1.95. The number of aromatic nitrogens is 1. The molecule has 0 amide bonds. The fourth-order valence-corrected chi connectivity index (χ4v) is 1.79. The van der Waals surface area contributed by atoms with Crippen molar-refractivity contribution in [1.82, 2.24) is 4.98 Å². The second kappa shape index (κ2) is 6.18. The highest BCUT2D eigenvalue weighted by Gasteiger charge is 2.05. The van der Waals surface area contributed by atoms with Crippen LogP contribution in [0.3, 0.4) is 0 Å². The van der Waals surface area contributed by atoms with Gasteiger partial charge < -0.3 is 10.2 Å². The minimum atomic E-state index is -0.225. The van der Waals surface area contributed by atoms with Crippen LogP contribution in [0.15, 0.2) is 42.6 Å². The summed E-state index contributed by atoms with van der Waals surface area (Å²) in [6.07, 6.45) is 2.83. The number of nitrogens with zero attached hydrogens (tertiary/aromatic N) is 2. The van der Waals surface area contributed by atoms with Crippen LogP contribution in [0, 0.1) is 5.82 Å². The molecule has 2 aromatic rings. The van der Waals surface area contributed by atoms with Crippen molar-refractivity contribution in [3.05, 3.63) is 48.4 Å². The molecule has 0 fully saturated rings. The van der Waals surface area contributed by atoms with E-state index in [1.807, 2.05) is 24.1 Å². The van der Waals surface area contributed by atoms with Gasteiger partial charge in [-0.05, 0) is 36.8 Å². The lowest BCUT2D eigenvalue weighted by molar-refractivity contribution is 0.628. The van der Waals surface area contributed by atoms with Crippen LogP contribution in [0.4, 0.5) is 21.6 Å². The van der Waals surface area contributed by atoms with Gasteiger partial charge in [0.1, 0.15) is 11.6 Å². The second-order valence-electron chi connectivity index (χ2n) is 4.36. The van der Waals surface area contributed by atoms with Crippen molar-refractivity contribution < 1.29 is 4.39 Å². The monoisotopic (exact) mass is 259 g/mol. The number of anilines is 3. The molecule has 100 valence electrons. The Bertz CT molecular complexity index is 525. The fraction of sp³-hybridized carbons (Fsp3) is 0.267. The topological polar surface area (TPSA) is 28.2 Å². The maximum Gasteiger partial charge on any atom is 0.127 e. The third kappa shape index (κ3) is 3.44. The van der Waals surface area contributed by atoms with Crippen LogP contribution in [0.2, 0.25) is 0 Å². The van der Waals surface area contributed by atoms with E-state index in [1.165, 1.54) is 12.1 Å². The Morgan fingerprint density at radius 1 is 1.16 bits per heavy atom. The van der Waals surface area contributed by atoms with Crippen molar-refractivity contribution in [2.24, 2.45) is 0 Å². The molecule has 1 aromatic carbocycles. The Kier molecular flexibility index (Phi) is 4.34. The zero-order valence-electron chi connectivity index (χ0n) is 11.2. The molecule has 2 rings (SSSR count). The van der Waals surface area contributed by atoms with Gasteiger partial charge in [0.05, 0.1) is 0 Å². The van der Waals surface area contributed by atoms with Gasteiger partial charge in [0.25, 0.3) is 0 Å². The van der Waals surface area contributed by atoms with Crippen molar-refractivity contribution >= 4 is 17.2 Å². The quantitative estimate of drug-likeness (QED) is 0.885. The van der Waals surface area contributed by atoms with Crippen molar-refractivity contribution in [3.8, 4) is 0 Å². The highest BCUT2D eigenvalue weighted by Crippen LogP contribution is 2.24. The largest absolute Gasteiger partial charge is 0.370 e. The van der Waals surface area contributed by atoms with E-state index in [4.69, 9.17) is 0 Å². The number of hydrogen-bond donors (Lipinski definition) is 1. The van der Waals surface area contributed by atoms with Crippen LogP contribution >= 0.6 is 0 Å². The molecule has 0 bridgehead atoms. The van der Waals surface area contributed by atoms with Gasteiger partial charge >= 0.3 is 0 Å². The Morgan fingerprint density at radius 2 is 1.89 bits per heavy atom. The van der Waals surface area contributed by atoms with Crippen molar-refractivity contribution in [3.63, 3.8) is 0 Å². The lowest BCUT2D eigenvalue weighted by Crippen LogP contribution is -2.10. The molecule has 0 saturated heterocycles. The van der Waals surface area contributed by atoms with Crippen molar-refractivity contribution in [2.75, 3.05) is 23.8 Å². The molecule has 0 spiro atoms. The third-order valence-electron chi connectivity index (χ3n) is 2.90. The first kappa shape index (κ1) is 13.3. The summed E-state index contributed by atoms with van der Waals surface area (Å²) in [4.78, 5) is 6.27. The molecule has 1 N–H and O–H groups in total. The van der Waals surface area contributed by atoms with Gasteiger partial charge in [-0.3, -0.25) is 0 Å². The predicted molar refractivity (Wildman–Crippen MR) is 77.5 cm³/mol. The molecule has 1 heterocycles. The number of pyridine rings is 1. The molecule has 0 aliphatic rings. The summed E-state index contributed by atoms with van der Waals surface area (Å²) >= 11 is 0.